The fourth-order valence-electron chi connectivity index (χ4n) is 3.86. The van der Waals surface area contributed by atoms with Crippen LogP contribution in [-0.2, 0) is 0 Å². The number of benzene rings is 1. The molecule has 0 spiro atoms. The molecule has 1 saturated heterocycles. The lowest BCUT2D eigenvalue weighted by atomic mass is 9.78. The summed E-state index contributed by atoms with van der Waals surface area (Å²) in [6.07, 6.45) is 7.61. The van der Waals surface area contributed by atoms with Gasteiger partial charge in [0.2, 0.25) is 0 Å². The lowest BCUT2D eigenvalue weighted by Crippen LogP contribution is -2.49. The SMILES string of the molecule is Cc1ccc(Br)cc1C(=O)N1CCC[C@H]2CCCC[C@H]21. The fourth-order valence-corrected chi connectivity index (χ4v) is 4.22. The summed E-state index contributed by atoms with van der Waals surface area (Å²) >= 11 is 3.49. The molecule has 1 aliphatic heterocycles. The van der Waals surface area contributed by atoms with Gasteiger partial charge in [-0.3, -0.25) is 4.79 Å². The third-order valence-electron chi connectivity index (χ3n) is 4.93. The Morgan fingerprint density at radius 1 is 1.20 bits per heavy atom. The summed E-state index contributed by atoms with van der Waals surface area (Å²) in [5, 5.41) is 0. The minimum atomic E-state index is 0.236. The highest BCUT2D eigenvalue weighted by Crippen LogP contribution is 2.36. The van der Waals surface area contributed by atoms with Gasteiger partial charge in [-0.2, -0.15) is 0 Å². The van der Waals surface area contributed by atoms with Crippen molar-refractivity contribution >= 4 is 21.8 Å². The highest BCUT2D eigenvalue weighted by molar-refractivity contribution is 9.10. The van der Waals surface area contributed by atoms with Gasteiger partial charge in [-0.1, -0.05) is 34.8 Å². The molecule has 1 aromatic rings. The van der Waals surface area contributed by atoms with Crippen molar-refractivity contribution in [2.24, 2.45) is 5.92 Å². The van der Waals surface area contributed by atoms with Crippen LogP contribution < -0.4 is 0 Å². The quantitative estimate of drug-likeness (QED) is 0.737. The summed E-state index contributed by atoms with van der Waals surface area (Å²) in [6.45, 7) is 2.97. The molecule has 108 valence electrons. The fraction of sp³-hybridized carbons (Fsp3) is 0.588. The molecule has 3 rings (SSSR count). The molecule has 1 amide bonds. The van der Waals surface area contributed by atoms with E-state index < -0.39 is 0 Å². The number of hydrogen-bond acceptors (Lipinski definition) is 1. The van der Waals surface area contributed by atoms with Crippen molar-refractivity contribution in [3.05, 3.63) is 33.8 Å². The summed E-state index contributed by atoms with van der Waals surface area (Å²) in [5.41, 5.74) is 1.95. The Bertz CT molecular complexity index is 512. The molecule has 2 atom stereocenters. The van der Waals surface area contributed by atoms with Crippen LogP contribution >= 0.6 is 15.9 Å². The first-order chi connectivity index (χ1) is 9.66. The molecule has 2 aliphatic rings. The molecule has 3 heteroatoms. The summed E-state index contributed by atoms with van der Waals surface area (Å²) in [6, 6.07) is 6.50. The number of carbonyl (C=O) groups excluding carboxylic acids is 1. The van der Waals surface area contributed by atoms with Crippen LogP contribution in [0.1, 0.15) is 54.4 Å². The van der Waals surface area contributed by atoms with Crippen LogP contribution in [0.5, 0.6) is 0 Å². The van der Waals surface area contributed by atoms with E-state index in [1.807, 2.05) is 25.1 Å². The van der Waals surface area contributed by atoms with E-state index in [2.05, 4.69) is 20.8 Å². The molecule has 2 nitrogen and oxygen atoms in total. The first kappa shape index (κ1) is 14.1. The number of piperidine rings is 1. The van der Waals surface area contributed by atoms with Crippen molar-refractivity contribution < 1.29 is 4.79 Å². The van der Waals surface area contributed by atoms with Gasteiger partial charge >= 0.3 is 0 Å². The number of rotatable bonds is 1. The van der Waals surface area contributed by atoms with Gasteiger partial charge in [0.15, 0.2) is 0 Å². The molecule has 0 N–H and O–H groups in total. The minimum Gasteiger partial charge on any atom is -0.335 e. The van der Waals surface area contributed by atoms with Gasteiger partial charge in [0.1, 0.15) is 0 Å². The molecule has 1 aliphatic carbocycles. The third-order valence-corrected chi connectivity index (χ3v) is 5.43. The summed E-state index contributed by atoms with van der Waals surface area (Å²) in [4.78, 5) is 15.1. The van der Waals surface area contributed by atoms with Crippen LogP contribution in [0.3, 0.4) is 0 Å². The largest absolute Gasteiger partial charge is 0.335 e. The highest BCUT2D eigenvalue weighted by atomic mass is 79.9. The average Bonchev–Trinajstić information content (AvgIpc) is 2.48. The topological polar surface area (TPSA) is 20.3 Å². The van der Waals surface area contributed by atoms with E-state index in [9.17, 15) is 4.79 Å². The highest BCUT2D eigenvalue weighted by Gasteiger charge is 2.36. The summed E-state index contributed by atoms with van der Waals surface area (Å²) in [7, 11) is 0. The molecular formula is C17H22BrNO. The van der Waals surface area contributed by atoms with Crippen molar-refractivity contribution in [1.29, 1.82) is 0 Å². The van der Waals surface area contributed by atoms with Crippen LogP contribution in [0.4, 0.5) is 0 Å². The van der Waals surface area contributed by atoms with E-state index in [-0.39, 0.29) is 5.91 Å². The summed E-state index contributed by atoms with van der Waals surface area (Å²) < 4.78 is 0.989. The maximum absolute atomic E-state index is 12.9. The van der Waals surface area contributed by atoms with E-state index in [0.29, 0.717) is 6.04 Å². The van der Waals surface area contributed by atoms with E-state index in [1.54, 1.807) is 0 Å². The van der Waals surface area contributed by atoms with Crippen LogP contribution in [0, 0.1) is 12.8 Å². The molecule has 0 bridgehead atoms. The maximum Gasteiger partial charge on any atom is 0.254 e. The molecule has 0 radical (unpaired) electrons. The lowest BCUT2D eigenvalue weighted by molar-refractivity contribution is 0.0390. The smallest absolute Gasteiger partial charge is 0.254 e. The van der Waals surface area contributed by atoms with Gasteiger partial charge in [-0.25, -0.2) is 0 Å². The van der Waals surface area contributed by atoms with Crippen molar-refractivity contribution in [3.63, 3.8) is 0 Å². The molecular weight excluding hydrogens is 314 g/mol. The normalized spacial score (nSPS) is 26.2. The van der Waals surface area contributed by atoms with E-state index in [4.69, 9.17) is 0 Å². The zero-order valence-corrected chi connectivity index (χ0v) is 13.7. The predicted octanol–water partition coefficient (Wildman–Crippen LogP) is 4.55. The number of fused-ring (bicyclic) bond motifs is 1. The number of nitrogens with zero attached hydrogens (tertiary/aromatic N) is 1. The van der Waals surface area contributed by atoms with Crippen molar-refractivity contribution in [2.45, 2.75) is 51.5 Å². The van der Waals surface area contributed by atoms with Gasteiger partial charge in [0.05, 0.1) is 0 Å². The summed E-state index contributed by atoms with van der Waals surface area (Å²) in [5.74, 6) is 0.981. The number of likely N-dealkylation sites (tertiary alicyclic amines) is 1. The first-order valence-electron chi connectivity index (χ1n) is 7.74. The Morgan fingerprint density at radius 3 is 2.80 bits per heavy atom. The Balaban J connectivity index is 1.87. The second kappa shape index (κ2) is 5.88. The Morgan fingerprint density at radius 2 is 1.95 bits per heavy atom. The van der Waals surface area contributed by atoms with Crippen LogP contribution in [0.25, 0.3) is 0 Å². The van der Waals surface area contributed by atoms with Gasteiger partial charge in [-0.15, -0.1) is 0 Å². The van der Waals surface area contributed by atoms with E-state index in [1.165, 1.54) is 38.5 Å². The predicted molar refractivity (Wildman–Crippen MR) is 84.9 cm³/mol. The lowest BCUT2D eigenvalue weighted by Gasteiger charge is -2.44. The number of hydrogen-bond donors (Lipinski definition) is 0. The van der Waals surface area contributed by atoms with Gasteiger partial charge in [0, 0.05) is 22.6 Å². The second-order valence-corrected chi connectivity index (χ2v) is 7.13. The Kier molecular flexibility index (Phi) is 4.16. The second-order valence-electron chi connectivity index (χ2n) is 6.21. The van der Waals surface area contributed by atoms with Gasteiger partial charge < -0.3 is 4.90 Å². The third kappa shape index (κ3) is 2.65. The van der Waals surface area contributed by atoms with Crippen LogP contribution in [0.2, 0.25) is 0 Å². The minimum absolute atomic E-state index is 0.236. The zero-order valence-electron chi connectivity index (χ0n) is 12.1. The van der Waals surface area contributed by atoms with Crippen molar-refractivity contribution in [1.82, 2.24) is 4.90 Å². The molecule has 1 heterocycles. The Hall–Kier alpha value is -0.830. The van der Waals surface area contributed by atoms with Crippen LogP contribution in [-0.4, -0.2) is 23.4 Å². The van der Waals surface area contributed by atoms with E-state index in [0.717, 1.165) is 28.1 Å². The molecule has 2 fully saturated rings. The van der Waals surface area contributed by atoms with Gasteiger partial charge in [-0.05, 0) is 56.2 Å². The van der Waals surface area contributed by atoms with Crippen molar-refractivity contribution in [3.8, 4) is 0 Å². The molecule has 1 aromatic carbocycles. The standard InChI is InChI=1S/C17H22BrNO/c1-12-8-9-14(18)11-15(12)17(20)19-10-4-6-13-5-2-3-7-16(13)19/h8-9,11,13,16H,2-7,10H2,1H3/t13-,16-/m1/s1. The van der Waals surface area contributed by atoms with Gasteiger partial charge in [0.25, 0.3) is 5.91 Å². The number of halogens is 1. The molecule has 0 aromatic heterocycles. The maximum atomic E-state index is 12.9. The monoisotopic (exact) mass is 335 g/mol. The molecule has 1 saturated carbocycles. The number of carbonyl (C=O) groups is 1. The molecule has 0 unspecified atom stereocenters. The Labute approximate surface area is 129 Å². The first-order valence-corrected chi connectivity index (χ1v) is 8.53. The van der Waals surface area contributed by atoms with Crippen LogP contribution in [0.15, 0.2) is 22.7 Å². The molecule has 20 heavy (non-hydrogen) atoms. The number of aryl methyl sites for hydroxylation is 1. The number of amides is 1. The zero-order chi connectivity index (χ0) is 14.1. The average molecular weight is 336 g/mol. The van der Waals surface area contributed by atoms with Crippen molar-refractivity contribution in [2.75, 3.05) is 6.54 Å². The van der Waals surface area contributed by atoms with E-state index >= 15 is 0 Å².